The van der Waals surface area contributed by atoms with Crippen LogP contribution in [0.4, 0.5) is 0 Å². The highest BCUT2D eigenvalue weighted by Gasteiger charge is 2.40. The van der Waals surface area contributed by atoms with Crippen LogP contribution in [0.5, 0.6) is 5.75 Å². The van der Waals surface area contributed by atoms with Crippen LogP contribution in [0.1, 0.15) is 88.1 Å². The SMILES string of the molecule is CC(=O)O.CC(C)C[C@H](NC(=O)[C@@H](Cc1c[nH]c2ccccc12)NC(=O)[C@H](Cc1ccc(O)cc1)NC(=O)[C@H](CO)NC(=O)[C@@H](Cc1c[nH]c2ccccc12)NC(=O)[C@H](Cc1cnc[nH]1)NC(=O)[C@@H]1CCC(=O)N1)C(=O)N[C@@H](CCCN=C(N)N)C(=O)N1CCC[C@H]1C(=O)NCC(N)=O. The zero-order valence-electron chi connectivity index (χ0n) is 54.9. The number of aliphatic carboxylic acids is 1. The summed E-state index contributed by atoms with van der Waals surface area (Å²) in [5.41, 5.74) is 19.8. The Morgan fingerprint density at radius 2 is 1.16 bits per heavy atom. The van der Waals surface area contributed by atoms with Crippen molar-refractivity contribution in [1.29, 1.82) is 0 Å². The first-order valence-electron chi connectivity index (χ1n) is 32.3. The maximum Gasteiger partial charge on any atom is 0.300 e. The molecule has 3 aromatic heterocycles. The molecule has 0 unspecified atom stereocenters. The maximum absolute atomic E-state index is 15.1. The Morgan fingerprint density at radius 3 is 1.68 bits per heavy atom. The molecular formula is C66H86N18O15. The zero-order valence-corrected chi connectivity index (χ0v) is 54.9. The number of phenolic OH excluding ortho intramolecular Hbond substituents is 1. The van der Waals surface area contributed by atoms with Crippen LogP contribution in [-0.2, 0) is 83.2 Å². The number of imidazole rings is 1. The van der Waals surface area contributed by atoms with E-state index >= 15 is 9.59 Å². The summed E-state index contributed by atoms with van der Waals surface area (Å²) < 4.78 is 0. The number of benzene rings is 3. The van der Waals surface area contributed by atoms with Crippen LogP contribution in [0.25, 0.3) is 21.8 Å². The third-order valence-electron chi connectivity index (χ3n) is 16.4. The van der Waals surface area contributed by atoms with Crippen molar-refractivity contribution in [2.24, 2.45) is 28.1 Å². The predicted octanol–water partition coefficient (Wildman–Crippen LogP) is -2.20. The standard InChI is InChI=1S/C64H82N18O13.C2H4O2/c1-34(2)23-46(56(88)75-45(13-7-21-69-64(66)67)63(95)82-22-8-14-52(82)62(94)72-31-53(65)85)76-58(90)48(25-36-28-70-42-11-5-3-9-40(36)42)78-57(89)47(24-35-15-17-39(84)18-16-35)77-61(93)51(32-83)81-59(91)49(26-37-29-71-43-12-6-4-10-41(37)43)79-60(92)50(27-38-30-68-33-73-38)80-55(87)44-19-20-54(86)74-44;1-2(3)4/h3-6,9-12,15-18,28-30,33-34,44-52,70-71,83-84H,7-8,13-14,19-27,31-32H2,1-2H3,(H2,65,85)(H,68,73)(H,72,94)(H,74,86)(H,75,88)(H,76,90)(H,77,93)(H,78,89)(H,79,92)(H,80,87)(H,81,91)(H4,66,67,69);1H3,(H,3,4)/t44-,45-,46-,47-,48+,49+,50-,51-,52-;/m0./s1. The number of carbonyl (C=O) groups excluding carboxylic acids is 11. The van der Waals surface area contributed by atoms with Crippen molar-refractivity contribution in [1.82, 2.24) is 72.7 Å². The number of amides is 11. The molecule has 2 aliphatic rings. The number of aliphatic hydroxyl groups excluding tert-OH is 1. The number of carboxylic acids is 1. The first-order chi connectivity index (χ1) is 47.3. The van der Waals surface area contributed by atoms with Crippen LogP contribution in [0.3, 0.4) is 0 Å². The number of aromatic amines is 3. The molecule has 0 saturated carbocycles. The van der Waals surface area contributed by atoms with Crippen LogP contribution in [0.2, 0.25) is 0 Å². The number of aromatic nitrogens is 4. The summed E-state index contributed by atoms with van der Waals surface area (Å²) in [5.74, 6) is -9.88. The number of primary amides is 1. The van der Waals surface area contributed by atoms with Crippen molar-refractivity contribution < 1.29 is 72.9 Å². The summed E-state index contributed by atoms with van der Waals surface area (Å²) in [5, 5.41) is 53.9. The Hall–Kier alpha value is -11.4. The van der Waals surface area contributed by atoms with E-state index in [1.54, 1.807) is 74.8 Å². The molecule has 0 aliphatic carbocycles. The Balaban J connectivity index is 0.00000335. The normalized spacial score (nSPS) is 16.2. The van der Waals surface area contributed by atoms with Gasteiger partial charge in [-0.15, -0.1) is 0 Å². The van der Waals surface area contributed by atoms with Crippen molar-refractivity contribution in [3.63, 3.8) is 0 Å². The quantitative estimate of drug-likeness (QED) is 0.0118. The molecule has 2 fully saturated rings. The first kappa shape index (κ1) is 75.0. The van der Waals surface area contributed by atoms with Gasteiger partial charge in [0.1, 0.15) is 60.1 Å². The molecule has 6 aromatic rings. The highest BCUT2D eigenvalue weighted by Crippen LogP contribution is 2.24. The van der Waals surface area contributed by atoms with Gasteiger partial charge in [0.25, 0.3) is 5.97 Å². The number of phenols is 1. The van der Waals surface area contributed by atoms with Crippen molar-refractivity contribution >= 4 is 98.7 Å². The van der Waals surface area contributed by atoms with Gasteiger partial charge in [0.15, 0.2) is 5.96 Å². The van der Waals surface area contributed by atoms with E-state index in [1.165, 1.54) is 41.7 Å². The van der Waals surface area contributed by atoms with Crippen LogP contribution in [0.15, 0.2) is 103 Å². The number of carbonyl (C=O) groups is 12. The number of aliphatic hydroxyl groups is 1. The summed E-state index contributed by atoms with van der Waals surface area (Å²) >= 11 is 0. The molecule has 11 amide bonds. The highest BCUT2D eigenvalue weighted by molar-refractivity contribution is 6.00. The third kappa shape index (κ3) is 22.3. The van der Waals surface area contributed by atoms with Gasteiger partial charge in [-0.2, -0.15) is 0 Å². The molecule has 21 N–H and O–H groups in total. The van der Waals surface area contributed by atoms with E-state index in [-0.39, 0.29) is 101 Å². The van der Waals surface area contributed by atoms with Gasteiger partial charge < -0.3 is 100 Å². The Morgan fingerprint density at radius 1 is 0.646 bits per heavy atom. The van der Waals surface area contributed by atoms with Gasteiger partial charge in [0.2, 0.25) is 65.0 Å². The van der Waals surface area contributed by atoms with Crippen LogP contribution >= 0.6 is 0 Å². The van der Waals surface area contributed by atoms with Gasteiger partial charge >= 0.3 is 0 Å². The summed E-state index contributed by atoms with van der Waals surface area (Å²) in [4.78, 5) is 181. The summed E-state index contributed by atoms with van der Waals surface area (Å²) in [6, 6.07) is 7.78. The molecule has 8 rings (SSSR count). The van der Waals surface area contributed by atoms with E-state index in [4.69, 9.17) is 27.1 Å². The van der Waals surface area contributed by atoms with E-state index in [2.05, 4.69) is 72.8 Å². The Labute approximate surface area is 568 Å². The second-order valence-corrected chi connectivity index (χ2v) is 24.5. The minimum Gasteiger partial charge on any atom is -0.508 e. The number of rotatable bonds is 33. The number of hydrogen-bond donors (Lipinski definition) is 18. The average molecular weight is 1370 g/mol. The van der Waals surface area contributed by atoms with Crippen LogP contribution < -0.4 is 65.1 Å². The lowest BCUT2D eigenvalue weighted by atomic mass is 9.99. The number of para-hydroxylation sites is 2. The number of aromatic hydroxyl groups is 1. The fraction of sp³-hybridized carbons (Fsp3) is 0.424. The van der Waals surface area contributed by atoms with Gasteiger partial charge in [0, 0.05) is 98.2 Å². The van der Waals surface area contributed by atoms with Crippen molar-refractivity contribution in [3.8, 4) is 5.75 Å². The van der Waals surface area contributed by atoms with Crippen molar-refractivity contribution in [2.45, 2.75) is 146 Å². The molecule has 99 heavy (non-hydrogen) atoms. The minimum absolute atomic E-state index is 0.00905. The van der Waals surface area contributed by atoms with Gasteiger partial charge in [-0.25, -0.2) is 4.98 Å². The molecule has 0 radical (unpaired) electrons. The summed E-state index contributed by atoms with van der Waals surface area (Å²) in [7, 11) is 0. The highest BCUT2D eigenvalue weighted by atomic mass is 16.4. The zero-order chi connectivity index (χ0) is 71.9. The lowest BCUT2D eigenvalue weighted by molar-refractivity contribution is -0.142. The van der Waals surface area contributed by atoms with Crippen LogP contribution in [-0.4, -0.2) is 198 Å². The number of aliphatic imine (C=N–C) groups is 1. The molecule has 2 saturated heterocycles. The molecule has 3 aromatic carbocycles. The maximum atomic E-state index is 15.1. The summed E-state index contributed by atoms with van der Waals surface area (Å²) in [6.45, 7) is 3.41. The number of H-pyrrole nitrogens is 3. The first-order valence-corrected chi connectivity index (χ1v) is 32.3. The van der Waals surface area contributed by atoms with Gasteiger partial charge in [-0.1, -0.05) is 62.4 Å². The number of nitrogens with zero attached hydrogens (tertiary/aromatic N) is 3. The lowest BCUT2D eigenvalue weighted by Crippen LogP contribution is -2.61. The second kappa shape index (κ2) is 36.1. The number of carboxylic acid groups (broad SMARTS) is 1. The van der Waals surface area contributed by atoms with E-state index < -0.39 is 133 Å². The Bertz CT molecular complexity index is 3860. The smallest absolute Gasteiger partial charge is 0.300 e. The number of likely N-dealkylation sites (tertiary alicyclic amines) is 1. The lowest BCUT2D eigenvalue weighted by Gasteiger charge is -2.30. The number of guanidine groups is 1. The third-order valence-corrected chi connectivity index (χ3v) is 16.4. The molecule has 2 aliphatic heterocycles. The molecule has 33 heteroatoms. The monoisotopic (exact) mass is 1370 g/mol. The van der Waals surface area contributed by atoms with E-state index in [0.717, 1.165) is 6.92 Å². The van der Waals surface area contributed by atoms with Crippen LogP contribution in [0, 0.1) is 5.92 Å². The van der Waals surface area contributed by atoms with Gasteiger partial charge in [-0.05, 0) is 85.4 Å². The van der Waals surface area contributed by atoms with E-state index in [0.29, 0.717) is 50.6 Å². The molecule has 530 valence electrons. The fourth-order valence-electron chi connectivity index (χ4n) is 11.5. The summed E-state index contributed by atoms with van der Waals surface area (Å²) in [6.07, 6.45) is 6.51. The second-order valence-electron chi connectivity index (χ2n) is 24.5. The molecule has 0 bridgehead atoms. The van der Waals surface area contributed by atoms with Crippen molar-refractivity contribution in [2.75, 3.05) is 26.2 Å². The van der Waals surface area contributed by atoms with Crippen molar-refractivity contribution in [3.05, 3.63) is 120 Å². The van der Waals surface area contributed by atoms with E-state index in [1.807, 2.05) is 0 Å². The number of nitrogens with one attached hydrogen (secondary N) is 12. The van der Waals surface area contributed by atoms with Gasteiger partial charge in [0.05, 0.1) is 19.5 Å². The molecule has 9 atom stereocenters. The minimum atomic E-state index is -1.80. The number of nitrogens with two attached hydrogens (primary N) is 3. The van der Waals surface area contributed by atoms with Gasteiger partial charge in [-0.3, -0.25) is 62.5 Å². The Kier molecular flexibility index (Phi) is 27.4. The molecule has 0 spiro atoms. The predicted molar refractivity (Wildman–Crippen MR) is 359 cm³/mol. The molecule has 5 heterocycles. The topological polar surface area (TPSA) is 528 Å². The fourth-order valence-corrected chi connectivity index (χ4v) is 11.5. The van der Waals surface area contributed by atoms with E-state index in [9.17, 15) is 53.4 Å². The molecular weight excluding hydrogens is 1280 g/mol. The average Bonchev–Trinajstić information content (AvgIpc) is 1.77. The molecule has 33 nitrogen and oxygen atoms in total. The number of hydrogen-bond acceptors (Lipinski definition) is 16. The number of fused-ring (bicyclic) bond motifs is 2. The largest absolute Gasteiger partial charge is 0.508 e.